The Morgan fingerprint density at radius 1 is 1.33 bits per heavy atom. The first-order chi connectivity index (χ1) is 7.00. The highest BCUT2D eigenvalue weighted by Gasteiger charge is 2.58. The second-order valence-electron chi connectivity index (χ2n) is 6.38. The van der Waals surface area contributed by atoms with Crippen LogP contribution in [0.1, 0.15) is 46.5 Å². The molecule has 0 spiro atoms. The van der Waals surface area contributed by atoms with Gasteiger partial charge in [0.2, 0.25) is 0 Å². The molecule has 2 bridgehead atoms. The minimum atomic E-state index is 0.306. The van der Waals surface area contributed by atoms with Crippen molar-refractivity contribution in [3.63, 3.8) is 0 Å². The molecule has 2 heteroatoms. The first-order valence-electron chi connectivity index (χ1n) is 6.35. The smallest absolute Gasteiger partial charge is 0.0443 e. The van der Waals surface area contributed by atoms with Crippen LogP contribution in [0.2, 0.25) is 0 Å². The predicted octanol–water partition coefficient (Wildman–Crippen LogP) is 2.17. The van der Waals surface area contributed by atoms with Crippen LogP contribution in [0.15, 0.2) is 0 Å². The molecule has 2 saturated carbocycles. The fourth-order valence-corrected chi connectivity index (χ4v) is 4.14. The molecule has 88 valence electrons. The molecule has 0 radical (unpaired) electrons. The van der Waals surface area contributed by atoms with E-state index in [0.29, 0.717) is 23.5 Å². The second-order valence-corrected chi connectivity index (χ2v) is 6.38. The highest BCUT2D eigenvalue weighted by atomic mass is 16.3. The first kappa shape index (κ1) is 11.4. The monoisotopic (exact) mass is 211 g/mol. The lowest BCUT2D eigenvalue weighted by Crippen LogP contribution is -2.50. The summed E-state index contributed by atoms with van der Waals surface area (Å²) < 4.78 is 0. The van der Waals surface area contributed by atoms with Crippen molar-refractivity contribution >= 4 is 0 Å². The average Bonchev–Trinajstić information content (AvgIpc) is 2.62. The van der Waals surface area contributed by atoms with Crippen molar-refractivity contribution in [1.82, 2.24) is 5.32 Å². The third-order valence-corrected chi connectivity index (χ3v) is 4.95. The van der Waals surface area contributed by atoms with Gasteiger partial charge in [-0.25, -0.2) is 0 Å². The lowest BCUT2D eigenvalue weighted by molar-refractivity contribution is 0.107. The molecule has 0 heterocycles. The molecule has 3 atom stereocenters. The quantitative estimate of drug-likeness (QED) is 0.699. The van der Waals surface area contributed by atoms with Gasteiger partial charge in [-0.1, -0.05) is 20.8 Å². The SMILES string of the molecule is CC12CCC(C1)C(C)(C)C2NCCCO. The van der Waals surface area contributed by atoms with Gasteiger partial charge in [0.15, 0.2) is 0 Å². The maximum atomic E-state index is 8.83. The van der Waals surface area contributed by atoms with Gasteiger partial charge in [0, 0.05) is 12.6 Å². The molecule has 2 fully saturated rings. The summed E-state index contributed by atoms with van der Waals surface area (Å²) in [4.78, 5) is 0. The lowest BCUT2D eigenvalue weighted by Gasteiger charge is -2.43. The molecule has 2 N–H and O–H groups in total. The van der Waals surface area contributed by atoms with Gasteiger partial charge in [0.1, 0.15) is 0 Å². The maximum absolute atomic E-state index is 8.83. The van der Waals surface area contributed by atoms with Crippen LogP contribution < -0.4 is 5.32 Å². The van der Waals surface area contributed by atoms with Crippen molar-refractivity contribution in [3.05, 3.63) is 0 Å². The average molecular weight is 211 g/mol. The number of rotatable bonds is 4. The van der Waals surface area contributed by atoms with Gasteiger partial charge in [-0.2, -0.15) is 0 Å². The Balaban J connectivity index is 2.02. The summed E-state index contributed by atoms with van der Waals surface area (Å²) in [6.45, 7) is 8.54. The van der Waals surface area contributed by atoms with E-state index < -0.39 is 0 Å². The standard InChI is InChI=1S/C13H25NO/c1-12(2)10-5-6-13(3,9-10)11(12)14-7-4-8-15/h10-11,14-15H,4-9H2,1-3H3. The van der Waals surface area contributed by atoms with E-state index in [1.54, 1.807) is 0 Å². The van der Waals surface area contributed by atoms with E-state index in [4.69, 9.17) is 5.11 Å². The van der Waals surface area contributed by atoms with Gasteiger partial charge < -0.3 is 10.4 Å². The first-order valence-corrected chi connectivity index (χ1v) is 6.35. The molecule has 0 saturated heterocycles. The minimum absolute atomic E-state index is 0.306. The Morgan fingerprint density at radius 2 is 2.07 bits per heavy atom. The summed E-state index contributed by atoms with van der Waals surface area (Å²) in [6.07, 6.45) is 5.09. The van der Waals surface area contributed by atoms with Crippen molar-refractivity contribution in [2.75, 3.05) is 13.2 Å². The molecule has 15 heavy (non-hydrogen) atoms. The van der Waals surface area contributed by atoms with Crippen molar-refractivity contribution in [3.8, 4) is 0 Å². The van der Waals surface area contributed by atoms with Crippen LogP contribution in [0.5, 0.6) is 0 Å². The molecule has 0 amide bonds. The molecular formula is C13H25NO. The van der Waals surface area contributed by atoms with E-state index in [9.17, 15) is 0 Å². The molecule has 0 aromatic rings. The molecular weight excluding hydrogens is 186 g/mol. The van der Waals surface area contributed by atoms with E-state index in [2.05, 4.69) is 26.1 Å². The van der Waals surface area contributed by atoms with Crippen LogP contribution in [0, 0.1) is 16.7 Å². The topological polar surface area (TPSA) is 32.3 Å². The van der Waals surface area contributed by atoms with Gasteiger partial charge in [0.05, 0.1) is 0 Å². The Morgan fingerprint density at radius 3 is 2.60 bits per heavy atom. The van der Waals surface area contributed by atoms with E-state index in [1.807, 2.05) is 0 Å². The van der Waals surface area contributed by atoms with E-state index >= 15 is 0 Å². The van der Waals surface area contributed by atoms with Crippen molar-refractivity contribution in [1.29, 1.82) is 0 Å². The number of hydrogen-bond acceptors (Lipinski definition) is 2. The van der Waals surface area contributed by atoms with E-state index in [-0.39, 0.29) is 0 Å². The Labute approximate surface area is 93.5 Å². The molecule has 2 nitrogen and oxygen atoms in total. The summed E-state index contributed by atoms with van der Waals surface area (Å²) in [5.74, 6) is 0.911. The maximum Gasteiger partial charge on any atom is 0.0443 e. The Kier molecular flexibility index (Phi) is 2.85. The third kappa shape index (κ3) is 1.72. The lowest BCUT2D eigenvalue weighted by atomic mass is 9.68. The number of aliphatic hydroxyl groups is 1. The summed E-state index contributed by atoms with van der Waals surface area (Å²) in [6, 6.07) is 0.648. The zero-order chi connectivity index (χ0) is 11.1. The van der Waals surface area contributed by atoms with Gasteiger partial charge >= 0.3 is 0 Å². The second kappa shape index (κ2) is 3.74. The molecule has 2 rings (SSSR count). The summed E-state index contributed by atoms with van der Waals surface area (Å²) in [5, 5.41) is 12.5. The normalized spacial score (nSPS) is 42.4. The highest BCUT2D eigenvalue weighted by molar-refractivity contribution is 5.11. The van der Waals surface area contributed by atoms with Gasteiger partial charge in [0.25, 0.3) is 0 Å². The Bertz CT molecular complexity index is 234. The van der Waals surface area contributed by atoms with Gasteiger partial charge in [-0.05, 0) is 49.0 Å². The van der Waals surface area contributed by atoms with Crippen LogP contribution in [-0.4, -0.2) is 24.3 Å². The minimum Gasteiger partial charge on any atom is -0.396 e. The van der Waals surface area contributed by atoms with Crippen molar-refractivity contribution < 1.29 is 5.11 Å². The van der Waals surface area contributed by atoms with Crippen LogP contribution in [0.4, 0.5) is 0 Å². The Hall–Kier alpha value is -0.0800. The molecule has 3 unspecified atom stereocenters. The molecule has 0 aromatic heterocycles. The molecule has 0 aliphatic heterocycles. The van der Waals surface area contributed by atoms with Crippen LogP contribution in [0.25, 0.3) is 0 Å². The van der Waals surface area contributed by atoms with Crippen LogP contribution >= 0.6 is 0 Å². The van der Waals surface area contributed by atoms with Gasteiger partial charge in [-0.3, -0.25) is 0 Å². The van der Waals surface area contributed by atoms with Gasteiger partial charge in [-0.15, -0.1) is 0 Å². The fraction of sp³-hybridized carbons (Fsp3) is 1.00. The zero-order valence-electron chi connectivity index (χ0n) is 10.3. The number of hydrogen-bond donors (Lipinski definition) is 2. The third-order valence-electron chi connectivity index (χ3n) is 4.95. The highest BCUT2D eigenvalue weighted by Crippen LogP contribution is 2.62. The van der Waals surface area contributed by atoms with E-state index in [1.165, 1.54) is 19.3 Å². The number of nitrogens with one attached hydrogen (secondary N) is 1. The molecule has 2 aliphatic carbocycles. The summed E-state index contributed by atoms with van der Waals surface area (Å²) in [7, 11) is 0. The fourth-order valence-electron chi connectivity index (χ4n) is 4.14. The summed E-state index contributed by atoms with van der Waals surface area (Å²) >= 11 is 0. The van der Waals surface area contributed by atoms with Crippen LogP contribution in [0.3, 0.4) is 0 Å². The molecule has 2 aliphatic rings. The predicted molar refractivity (Wildman–Crippen MR) is 62.7 cm³/mol. The van der Waals surface area contributed by atoms with E-state index in [0.717, 1.165) is 18.9 Å². The number of fused-ring (bicyclic) bond motifs is 2. The van der Waals surface area contributed by atoms with Crippen LogP contribution in [-0.2, 0) is 0 Å². The van der Waals surface area contributed by atoms with Crippen molar-refractivity contribution in [2.24, 2.45) is 16.7 Å². The van der Waals surface area contributed by atoms with Crippen molar-refractivity contribution in [2.45, 2.75) is 52.5 Å². The number of aliphatic hydroxyl groups excluding tert-OH is 1. The summed E-state index contributed by atoms with van der Waals surface area (Å²) in [5.41, 5.74) is 0.964. The zero-order valence-corrected chi connectivity index (χ0v) is 10.3. The largest absolute Gasteiger partial charge is 0.396 e. The molecule has 0 aromatic carbocycles.